The van der Waals surface area contributed by atoms with Gasteiger partial charge in [0.25, 0.3) is 0 Å². The van der Waals surface area contributed by atoms with Crippen LogP contribution in [0.25, 0.3) is 0 Å². The SMILES string of the molecule is CCc1ccc(CN2CCC(C)(C(N)=S)CC2)s1. The first-order valence-electron chi connectivity index (χ1n) is 6.63. The summed E-state index contributed by atoms with van der Waals surface area (Å²) in [6, 6.07) is 4.52. The summed E-state index contributed by atoms with van der Waals surface area (Å²) in [5.74, 6) is 0. The van der Waals surface area contributed by atoms with Gasteiger partial charge in [-0.1, -0.05) is 26.1 Å². The predicted molar refractivity (Wildman–Crippen MR) is 83.1 cm³/mol. The molecule has 18 heavy (non-hydrogen) atoms. The van der Waals surface area contributed by atoms with Crippen LogP contribution in [-0.2, 0) is 13.0 Å². The third-order valence-electron chi connectivity index (χ3n) is 4.00. The van der Waals surface area contributed by atoms with Gasteiger partial charge in [-0.05, 0) is 44.5 Å². The molecule has 1 aliphatic rings. The summed E-state index contributed by atoms with van der Waals surface area (Å²) in [5, 5.41) is 0. The fourth-order valence-corrected chi connectivity index (χ4v) is 3.57. The van der Waals surface area contributed by atoms with Gasteiger partial charge in [0.1, 0.15) is 0 Å². The third kappa shape index (κ3) is 3.11. The molecule has 0 saturated carbocycles. The normalized spacial score (nSPS) is 19.9. The molecule has 2 nitrogen and oxygen atoms in total. The second-order valence-corrected chi connectivity index (χ2v) is 7.12. The van der Waals surface area contributed by atoms with Crippen LogP contribution in [0, 0.1) is 5.41 Å². The molecule has 4 heteroatoms. The second-order valence-electron chi connectivity index (χ2n) is 5.42. The highest BCUT2D eigenvalue weighted by Gasteiger charge is 2.32. The maximum absolute atomic E-state index is 5.84. The predicted octanol–water partition coefficient (Wildman–Crippen LogP) is 3.20. The molecular weight excluding hydrogens is 260 g/mol. The number of rotatable bonds is 4. The van der Waals surface area contributed by atoms with Crippen molar-refractivity contribution in [2.75, 3.05) is 13.1 Å². The minimum absolute atomic E-state index is 0.0792. The summed E-state index contributed by atoms with van der Waals surface area (Å²) in [6.45, 7) is 7.70. The van der Waals surface area contributed by atoms with Crippen molar-refractivity contribution in [3.63, 3.8) is 0 Å². The smallest absolute Gasteiger partial charge is 0.0788 e. The molecule has 1 fully saturated rings. The van der Waals surface area contributed by atoms with E-state index >= 15 is 0 Å². The average Bonchev–Trinajstić information content (AvgIpc) is 2.80. The van der Waals surface area contributed by atoms with E-state index < -0.39 is 0 Å². The zero-order valence-corrected chi connectivity index (χ0v) is 12.9. The van der Waals surface area contributed by atoms with E-state index in [1.807, 2.05) is 11.3 Å². The first-order valence-corrected chi connectivity index (χ1v) is 7.86. The Morgan fingerprint density at radius 2 is 2.00 bits per heavy atom. The quantitative estimate of drug-likeness (QED) is 0.860. The maximum Gasteiger partial charge on any atom is 0.0788 e. The van der Waals surface area contributed by atoms with Crippen LogP contribution >= 0.6 is 23.6 Å². The first kappa shape index (κ1) is 14.0. The van der Waals surface area contributed by atoms with Gasteiger partial charge in [0, 0.05) is 21.7 Å². The van der Waals surface area contributed by atoms with Gasteiger partial charge in [0.05, 0.1) is 4.99 Å². The lowest BCUT2D eigenvalue weighted by Crippen LogP contribution is -2.44. The number of hydrogen-bond donors (Lipinski definition) is 1. The molecule has 0 spiro atoms. The van der Waals surface area contributed by atoms with Crippen LogP contribution in [0.1, 0.15) is 36.4 Å². The zero-order chi connectivity index (χ0) is 13.2. The molecule has 0 atom stereocenters. The van der Waals surface area contributed by atoms with Crippen LogP contribution in [0.2, 0.25) is 0 Å². The van der Waals surface area contributed by atoms with E-state index in [0.29, 0.717) is 4.99 Å². The van der Waals surface area contributed by atoms with E-state index in [0.717, 1.165) is 38.9 Å². The van der Waals surface area contributed by atoms with Crippen molar-refractivity contribution in [3.8, 4) is 0 Å². The number of piperidine rings is 1. The largest absolute Gasteiger partial charge is 0.393 e. The molecule has 1 aromatic rings. The Morgan fingerprint density at radius 3 is 2.50 bits per heavy atom. The minimum Gasteiger partial charge on any atom is -0.393 e. The number of thiocarbonyl (C=S) groups is 1. The van der Waals surface area contributed by atoms with Crippen molar-refractivity contribution in [2.45, 2.75) is 39.7 Å². The van der Waals surface area contributed by atoms with Gasteiger partial charge < -0.3 is 5.73 Å². The number of nitrogens with two attached hydrogens (primary N) is 1. The number of thiophene rings is 1. The summed E-state index contributed by atoms with van der Waals surface area (Å²) >= 11 is 7.12. The molecule has 1 saturated heterocycles. The van der Waals surface area contributed by atoms with Crippen LogP contribution in [0.3, 0.4) is 0 Å². The Hall–Kier alpha value is -0.450. The van der Waals surface area contributed by atoms with Crippen molar-refractivity contribution in [1.29, 1.82) is 0 Å². The summed E-state index contributed by atoms with van der Waals surface area (Å²) in [4.78, 5) is 6.16. The summed E-state index contributed by atoms with van der Waals surface area (Å²) < 4.78 is 0. The van der Waals surface area contributed by atoms with Crippen molar-refractivity contribution in [2.24, 2.45) is 11.1 Å². The van der Waals surface area contributed by atoms with Gasteiger partial charge in [0.2, 0.25) is 0 Å². The molecule has 0 aliphatic carbocycles. The van der Waals surface area contributed by atoms with E-state index in [4.69, 9.17) is 18.0 Å². The average molecular weight is 282 g/mol. The van der Waals surface area contributed by atoms with Gasteiger partial charge in [0.15, 0.2) is 0 Å². The van der Waals surface area contributed by atoms with Gasteiger partial charge in [-0.3, -0.25) is 4.90 Å². The zero-order valence-electron chi connectivity index (χ0n) is 11.2. The highest BCUT2D eigenvalue weighted by Crippen LogP contribution is 2.32. The molecule has 1 aliphatic heterocycles. The van der Waals surface area contributed by atoms with Crippen molar-refractivity contribution in [1.82, 2.24) is 4.90 Å². The molecule has 2 rings (SSSR count). The fraction of sp³-hybridized carbons (Fsp3) is 0.643. The molecule has 2 N–H and O–H groups in total. The van der Waals surface area contributed by atoms with Gasteiger partial charge in [-0.25, -0.2) is 0 Å². The van der Waals surface area contributed by atoms with Crippen LogP contribution in [0.4, 0.5) is 0 Å². The Morgan fingerprint density at radius 1 is 1.39 bits per heavy atom. The van der Waals surface area contributed by atoms with E-state index in [1.165, 1.54) is 9.75 Å². The van der Waals surface area contributed by atoms with Crippen LogP contribution in [-0.4, -0.2) is 23.0 Å². The van der Waals surface area contributed by atoms with E-state index in [-0.39, 0.29) is 5.41 Å². The number of likely N-dealkylation sites (tertiary alicyclic amines) is 1. The van der Waals surface area contributed by atoms with Crippen molar-refractivity contribution >= 4 is 28.5 Å². The monoisotopic (exact) mass is 282 g/mol. The number of aryl methyl sites for hydroxylation is 1. The lowest BCUT2D eigenvalue weighted by atomic mass is 9.80. The van der Waals surface area contributed by atoms with Gasteiger partial charge >= 0.3 is 0 Å². The van der Waals surface area contributed by atoms with Gasteiger partial charge in [-0.2, -0.15) is 0 Å². The molecule has 0 radical (unpaired) electrons. The van der Waals surface area contributed by atoms with Crippen LogP contribution in [0.5, 0.6) is 0 Å². The Balaban J connectivity index is 1.89. The fourth-order valence-electron chi connectivity index (χ4n) is 2.37. The highest BCUT2D eigenvalue weighted by atomic mass is 32.1. The first-order chi connectivity index (χ1) is 8.53. The Kier molecular flexibility index (Phi) is 4.41. The topological polar surface area (TPSA) is 29.3 Å². The summed E-state index contributed by atoms with van der Waals surface area (Å²) in [5.41, 5.74) is 5.92. The molecular formula is C14H22N2S2. The molecule has 100 valence electrons. The number of hydrogen-bond acceptors (Lipinski definition) is 3. The van der Waals surface area contributed by atoms with Crippen molar-refractivity contribution in [3.05, 3.63) is 21.9 Å². The molecule has 0 bridgehead atoms. The van der Waals surface area contributed by atoms with Crippen LogP contribution in [0.15, 0.2) is 12.1 Å². The standard InChI is InChI=1S/C14H22N2S2/c1-3-11-4-5-12(18-11)10-16-8-6-14(2,7-9-16)13(15)17/h4-5H,3,6-10H2,1-2H3,(H2,15,17). The molecule has 0 aromatic carbocycles. The lowest BCUT2D eigenvalue weighted by molar-refractivity contribution is 0.159. The van der Waals surface area contributed by atoms with E-state index in [1.54, 1.807) is 0 Å². The Labute approximate surface area is 119 Å². The minimum atomic E-state index is 0.0792. The molecule has 2 heterocycles. The maximum atomic E-state index is 5.84. The third-order valence-corrected chi connectivity index (χ3v) is 5.71. The second kappa shape index (κ2) is 5.68. The highest BCUT2D eigenvalue weighted by molar-refractivity contribution is 7.80. The Bertz CT molecular complexity index is 417. The molecule has 0 amide bonds. The van der Waals surface area contributed by atoms with Crippen LogP contribution < -0.4 is 5.73 Å². The van der Waals surface area contributed by atoms with E-state index in [2.05, 4.69) is 30.9 Å². The molecule has 1 aromatic heterocycles. The summed E-state index contributed by atoms with van der Waals surface area (Å²) in [6.07, 6.45) is 3.33. The van der Waals surface area contributed by atoms with Gasteiger partial charge in [-0.15, -0.1) is 11.3 Å². The summed E-state index contributed by atoms with van der Waals surface area (Å²) in [7, 11) is 0. The lowest BCUT2D eigenvalue weighted by Gasteiger charge is -2.38. The van der Waals surface area contributed by atoms with Crippen molar-refractivity contribution < 1.29 is 0 Å². The number of nitrogens with zero attached hydrogens (tertiary/aromatic N) is 1. The van der Waals surface area contributed by atoms with E-state index in [9.17, 15) is 0 Å². The molecule has 0 unspecified atom stereocenters.